The molecule has 0 atom stereocenters. The molecule has 5 heteroatoms. The number of carboxylic acids is 1. The van der Waals surface area contributed by atoms with Crippen LogP contribution in [-0.4, -0.2) is 29.4 Å². The summed E-state index contributed by atoms with van der Waals surface area (Å²) in [5.41, 5.74) is 2.52. The fourth-order valence-electron chi connectivity index (χ4n) is 2.64. The largest absolute Gasteiger partial charge is 0.478 e. The highest BCUT2D eigenvalue weighted by Gasteiger charge is 2.19. The summed E-state index contributed by atoms with van der Waals surface area (Å²) in [7, 11) is 1.62. The summed E-state index contributed by atoms with van der Waals surface area (Å²) in [6, 6.07) is 11.3. The Bertz CT molecular complexity index is 795. The van der Waals surface area contributed by atoms with Gasteiger partial charge in [0, 0.05) is 24.7 Å². The van der Waals surface area contributed by atoms with Crippen LogP contribution >= 0.6 is 0 Å². The topological polar surface area (TPSA) is 64.6 Å². The van der Waals surface area contributed by atoms with E-state index in [1.807, 2.05) is 34.9 Å². The van der Waals surface area contributed by atoms with E-state index in [1.165, 1.54) is 0 Å². The van der Waals surface area contributed by atoms with Crippen molar-refractivity contribution in [1.82, 2.24) is 4.57 Å². The molecule has 0 radical (unpaired) electrons. The second kappa shape index (κ2) is 5.69. The molecule has 0 saturated carbocycles. The number of para-hydroxylation sites is 1. The number of methoxy groups -OCH3 is 1. The van der Waals surface area contributed by atoms with E-state index >= 15 is 0 Å². The smallest absolute Gasteiger partial charge is 0.337 e. The molecule has 0 aliphatic rings. The third kappa shape index (κ3) is 2.40. The van der Waals surface area contributed by atoms with Gasteiger partial charge in [-0.05, 0) is 25.1 Å². The summed E-state index contributed by atoms with van der Waals surface area (Å²) >= 11 is 0. The third-order valence-corrected chi connectivity index (χ3v) is 3.79. The number of nitrogens with zero attached hydrogens (tertiary/aromatic N) is 1. The summed E-state index contributed by atoms with van der Waals surface area (Å²) in [5.74, 6) is -0.279. The minimum atomic E-state index is -0.939. The Balaban J connectivity index is 2.15. The van der Waals surface area contributed by atoms with E-state index in [4.69, 9.17) is 9.15 Å². The molecule has 114 valence electrons. The van der Waals surface area contributed by atoms with Crippen LogP contribution in [0.15, 0.2) is 40.8 Å². The molecule has 5 nitrogen and oxygen atoms in total. The molecule has 3 aromatic rings. The van der Waals surface area contributed by atoms with E-state index < -0.39 is 5.97 Å². The number of benzene rings is 1. The summed E-state index contributed by atoms with van der Waals surface area (Å²) in [6.07, 6.45) is 0. The summed E-state index contributed by atoms with van der Waals surface area (Å²) in [4.78, 5) is 11.4. The number of carbonyl (C=O) groups is 1. The first-order valence-electron chi connectivity index (χ1n) is 7.03. The zero-order valence-corrected chi connectivity index (χ0v) is 12.5. The van der Waals surface area contributed by atoms with Crippen LogP contribution in [0.25, 0.3) is 22.4 Å². The van der Waals surface area contributed by atoms with Crippen LogP contribution in [0.3, 0.4) is 0 Å². The Kier molecular flexibility index (Phi) is 3.73. The number of hydrogen-bond acceptors (Lipinski definition) is 3. The lowest BCUT2D eigenvalue weighted by Gasteiger charge is -2.09. The maximum absolute atomic E-state index is 11.4. The van der Waals surface area contributed by atoms with Crippen LogP contribution in [0.2, 0.25) is 0 Å². The molecule has 0 spiro atoms. The number of aromatic nitrogens is 1. The molecule has 0 unspecified atom stereocenters. The maximum Gasteiger partial charge on any atom is 0.337 e. The van der Waals surface area contributed by atoms with Crippen LogP contribution < -0.4 is 0 Å². The molecule has 22 heavy (non-hydrogen) atoms. The van der Waals surface area contributed by atoms with E-state index in [0.717, 1.165) is 16.7 Å². The van der Waals surface area contributed by atoms with Gasteiger partial charge in [-0.1, -0.05) is 18.2 Å². The molecule has 0 aliphatic heterocycles. The van der Waals surface area contributed by atoms with Crippen molar-refractivity contribution in [3.63, 3.8) is 0 Å². The molecular weight excluding hydrogens is 282 g/mol. The van der Waals surface area contributed by atoms with Crippen molar-refractivity contribution in [3.05, 3.63) is 47.7 Å². The van der Waals surface area contributed by atoms with E-state index in [1.54, 1.807) is 20.1 Å². The minimum absolute atomic E-state index is 0.284. The van der Waals surface area contributed by atoms with Gasteiger partial charge in [-0.25, -0.2) is 4.79 Å². The average Bonchev–Trinajstić information content (AvgIpc) is 3.06. The zero-order chi connectivity index (χ0) is 15.7. The average molecular weight is 299 g/mol. The SMILES string of the molecule is COCCn1c(-c2cc3ccccc3o2)cc(C(=O)O)c1C. The molecule has 1 N–H and O–H groups in total. The zero-order valence-electron chi connectivity index (χ0n) is 12.5. The second-order valence-electron chi connectivity index (χ2n) is 5.13. The molecule has 0 amide bonds. The van der Waals surface area contributed by atoms with Crippen molar-refractivity contribution in [1.29, 1.82) is 0 Å². The fraction of sp³-hybridized carbons (Fsp3) is 0.235. The number of hydrogen-bond donors (Lipinski definition) is 1. The van der Waals surface area contributed by atoms with Crippen molar-refractivity contribution >= 4 is 16.9 Å². The van der Waals surface area contributed by atoms with E-state index in [9.17, 15) is 9.90 Å². The minimum Gasteiger partial charge on any atom is -0.478 e. The highest BCUT2D eigenvalue weighted by molar-refractivity contribution is 5.91. The molecular formula is C17H17NO4. The quantitative estimate of drug-likeness (QED) is 0.782. The van der Waals surface area contributed by atoms with Gasteiger partial charge in [0.2, 0.25) is 0 Å². The number of carboxylic acid groups (broad SMARTS) is 1. The maximum atomic E-state index is 11.4. The standard InChI is InChI=1S/C17H17NO4/c1-11-13(17(19)20)10-14(18(11)7-8-21-2)16-9-12-5-3-4-6-15(12)22-16/h3-6,9-10H,7-8H2,1-2H3,(H,19,20). The Morgan fingerprint density at radius 2 is 2.09 bits per heavy atom. The lowest BCUT2D eigenvalue weighted by atomic mass is 10.2. The van der Waals surface area contributed by atoms with Crippen LogP contribution in [0.4, 0.5) is 0 Å². The highest BCUT2D eigenvalue weighted by Crippen LogP contribution is 2.31. The van der Waals surface area contributed by atoms with Crippen LogP contribution in [0, 0.1) is 6.92 Å². The molecule has 1 aromatic carbocycles. The van der Waals surface area contributed by atoms with Gasteiger partial charge in [0.05, 0.1) is 17.9 Å². The number of furan rings is 1. The molecule has 0 aliphatic carbocycles. The van der Waals surface area contributed by atoms with Gasteiger partial charge in [-0.15, -0.1) is 0 Å². The van der Waals surface area contributed by atoms with Crippen LogP contribution in [0.1, 0.15) is 16.1 Å². The van der Waals surface area contributed by atoms with Crippen molar-refractivity contribution in [2.45, 2.75) is 13.5 Å². The van der Waals surface area contributed by atoms with Crippen molar-refractivity contribution in [3.8, 4) is 11.5 Å². The van der Waals surface area contributed by atoms with Crippen LogP contribution in [0.5, 0.6) is 0 Å². The molecule has 3 rings (SSSR count). The Morgan fingerprint density at radius 3 is 2.77 bits per heavy atom. The van der Waals surface area contributed by atoms with Gasteiger partial charge in [0.15, 0.2) is 5.76 Å². The number of rotatable bonds is 5. The van der Waals surface area contributed by atoms with Gasteiger partial charge in [0.25, 0.3) is 0 Å². The number of fused-ring (bicyclic) bond motifs is 1. The first-order chi connectivity index (χ1) is 10.6. The number of ether oxygens (including phenoxy) is 1. The van der Waals surface area contributed by atoms with Gasteiger partial charge in [-0.2, -0.15) is 0 Å². The highest BCUT2D eigenvalue weighted by atomic mass is 16.5. The lowest BCUT2D eigenvalue weighted by molar-refractivity contribution is 0.0696. The van der Waals surface area contributed by atoms with E-state index in [0.29, 0.717) is 24.6 Å². The molecule has 0 bridgehead atoms. The Hall–Kier alpha value is -2.53. The van der Waals surface area contributed by atoms with Gasteiger partial charge < -0.3 is 18.8 Å². The van der Waals surface area contributed by atoms with Crippen LogP contribution in [-0.2, 0) is 11.3 Å². The summed E-state index contributed by atoms with van der Waals surface area (Å²) in [5, 5.41) is 10.3. The molecule has 0 fully saturated rings. The number of aromatic carboxylic acids is 1. The first-order valence-corrected chi connectivity index (χ1v) is 7.03. The third-order valence-electron chi connectivity index (χ3n) is 3.79. The van der Waals surface area contributed by atoms with Gasteiger partial charge in [0.1, 0.15) is 5.58 Å². The van der Waals surface area contributed by atoms with Crippen molar-refractivity contribution in [2.24, 2.45) is 0 Å². The Morgan fingerprint density at radius 1 is 1.32 bits per heavy atom. The fourth-order valence-corrected chi connectivity index (χ4v) is 2.64. The van der Waals surface area contributed by atoms with Crippen molar-refractivity contribution < 1.29 is 19.1 Å². The first kappa shape index (κ1) is 14.4. The second-order valence-corrected chi connectivity index (χ2v) is 5.13. The van der Waals surface area contributed by atoms with E-state index in [-0.39, 0.29) is 5.56 Å². The predicted molar refractivity (Wildman–Crippen MR) is 83.2 cm³/mol. The predicted octanol–water partition coefficient (Wildman–Crippen LogP) is 3.55. The summed E-state index contributed by atoms with van der Waals surface area (Å²) in [6.45, 7) is 2.87. The lowest BCUT2D eigenvalue weighted by Crippen LogP contribution is -2.08. The Labute approximate surface area is 127 Å². The molecule has 2 heterocycles. The summed E-state index contributed by atoms with van der Waals surface area (Å²) < 4.78 is 12.9. The van der Waals surface area contributed by atoms with Crippen molar-refractivity contribution in [2.75, 3.05) is 13.7 Å². The normalized spacial score (nSPS) is 11.2. The van der Waals surface area contributed by atoms with E-state index in [2.05, 4.69) is 0 Å². The van der Waals surface area contributed by atoms with Gasteiger partial charge in [-0.3, -0.25) is 0 Å². The molecule has 0 saturated heterocycles. The molecule has 2 aromatic heterocycles. The van der Waals surface area contributed by atoms with Gasteiger partial charge >= 0.3 is 5.97 Å². The monoisotopic (exact) mass is 299 g/mol.